The van der Waals surface area contributed by atoms with Crippen LogP contribution in [0.2, 0.25) is 0 Å². The largest absolute Gasteiger partial charge is 0.398 e. The predicted octanol–water partition coefficient (Wildman–Crippen LogP) is 1.97. The zero-order valence-corrected chi connectivity index (χ0v) is 9.61. The number of hydrogen-bond acceptors (Lipinski definition) is 3. The van der Waals surface area contributed by atoms with Gasteiger partial charge in [-0.05, 0) is 36.8 Å². The highest BCUT2D eigenvalue weighted by Crippen LogP contribution is 2.14. The molecule has 1 atom stereocenters. The normalized spacial score (nSPS) is 13.1. The number of nitrogen functional groups attached to an aromatic ring is 1. The van der Waals surface area contributed by atoms with Gasteiger partial charge in [-0.15, -0.1) is 0 Å². The van der Waals surface area contributed by atoms with E-state index in [-0.39, 0.29) is 6.04 Å². The van der Waals surface area contributed by atoms with Gasteiger partial charge < -0.3 is 11.5 Å². The number of pyridine rings is 1. The molecule has 0 bridgehead atoms. The fourth-order valence-corrected chi connectivity index (χ4v) is 1.54. The molecule has 1 aromatic rings. The first-order valence-corrected chi connectivity index (χ1v) is 5.53. The van der Waals surface area contributed by atoms with Gasteiger partial charge in [-0.1, -0.05) is 13.8 Å². The fourth-order valence-electron chi connectivity index (χ4n) is 1.54. The van der Waals surface area contributed by atoms with Crippen LogP contribution in [-0.4, -0.2) is 11.0 Å². The van der Waals surface area contributed by atoms with Crippen molar-refractivity contribution in [1.29, 1.82) is 0 Å². The van der Waals surface area contributed by atoms with Gasteiger partial charge >= 0.3 is 0 Å². The van der Waals surface area contributed by atoms with Gasteiger partial charge in [0.05, 0.1) is 0 Å². The van der Waals surface area contributed by atoms with Crippen molar-refractivity contribution in [3.8, 4) is 0 Å². The molecule has 0 aromatic carbocycles. The van der Waals surface area contributed by atoms with Gasteiger partial charge in [-0.25, -0.2) is 0 Å². The summed E-state index contributed by atoms with van der Waals surface area (Å²) in [7, 11) is 0. The molecule has 15 heavy (non-hydrogen) atoms. The van der Waals surface area contributed by atoms with Gasteiger partial charge in [0.2, 0.25) is 0 Å². The van der Waals surface area contributed by atoms with E-state index >= 15 is 0 Å². The van der Waals surface area contributed by atoms with Crippen molar-refractivity contribution in [1.82, 2.24) is 4.98 Å². The van der Waals surface area contributed by atoms with Crippen LogP contribution in [0, 0.1) is 5.92 Å². The zero-order valence-electron chi connectivity index (χ0n) is 9.61. The Hall–Kier alpha value is -1.09. The van der Waals surface area contributed by atoms with Crippen LogP contribution in [-0.2, 0) is 6.42 Å². The lowest BCUT2D eigenvalue weighted by Crippen LogP contribution is -2.23. The van der Waals surface area contributed by atoms with E-state index in [0.29, 0.717) is 5.92 Å². The fraction of sp³-hybridized carbons (Fsp3) is 0.583. The van der Waals surface area contributed by atoms with Crippen LogP contribution in [0.3, 0.4) is 0 Å². The molecule has 3 nitrogen and oxygen atoms in total. The molecular formula is C12H21N3. The quantitative estimate of drug-likeness (QED) is 0.775. The second kappa shape index (κ2) is 5.71. The molecule has 1 rings (SSSR count). The number of nitrogens with two attached hydrogens (primary N) is 2. The minimum Gasteiger partial charge on any atom is -0.398 e. The first-order chi connectivity index (χ1) is 7.09. The third-order valence-electron chi connectivity index (χ3n) is 2.54. The minimum atomic E-state index is 0.193. The van der Waals surface area contributed by atoms with Crippen molar-refractivity contribution < 1.29 is 0 Å². The Balaban J connectivity index is 2.44. The van der Waals surface area contributed by atoms with E-state index in [1.54, 1.807) is 6.20 Å². The molecule has 0 fully saturated rings. The van der Waals surface area contributed by atoms with Crippen molar-refractivity contribution in [2.24, 2.45) is 11.7 Å². The molecule has 1 unspecified atom stereocenters. The molecule has 0 spiro atoms. The molecule has 0 saturated heterocycles. The summed E-state index contributed by atoms with van der Waals surface area (Å²) in [6.07, 6.45) is 6.56. The number of anilines is 1. The molecule has 0 aliphatic rings. The SMILES string of the molecule is CC(C)CCC(N)Cc1cnccc1N. The van der Waals surface area contributed by atoms with E-state index in [4.69, 9.17) is 11.5 Å². The van der Waals surface area contributed by atoms with Crippen LogP contribution in [0.5, 0.6) is 0 Å². The summed E-state index contributed by atoms with van der Waals surface area (Å²) in [6, 6.07) is 2.02. The van der Waals surface area contributed by atoms with Gasteiger partial charge in [0.15, 0.2) is 0 Å². The molecule has 1 heterocycles. The highest BCUT2D eigenvalue weighted by molar-refractivity contribution is 5.44. The first-order valence-electron chi connectivity index (χ1n) is 5.53. The van der Waals surface area contributed by atoms with E-state index < -0.39 is 0 Å². The first kappa shape index (κ1) is 12.0. The Labute approximate surface area is 91.9 Å². The van der Waals surface area contributed by atoms with Crippen LogP contribution in [0.4, 0.5) is 5.69 Å². The monoisotopic (exact) mass is 207 g/mol. The van der Waals surface area contributed by atoms with Gasteiger partial charge in [0.1, 0.15) is 0 Å². The minimum absolute atomic E-state index is 0.193. The third-order valence-corrected chi connectivity index (χ3v) is 2.54. The number of nitrogens with zero attached hydrogens (tertiary/aromatic N) is 1. The Kier molecular flexibility index (Phi) is 4.56. The maximum absolute atomic E-state index is 6.04. The van der Waals surface area contributed by atoms with Crippen LogP contribution in [0.15, 0.2) is 18.5 Å². The summed E-state index contributed by atoms with van der Waals surface area (Å²) >= 11 is 0. The Morgan fingerprint density at radius 3 is 2.67 bits per heavy atom. The molecule has 0 amide bonds. The topological polar surface area (TPSA) is 64.9 Å². The highest BCUT2D eigenvalue weighted by Gasteiger charge is 2.07. The van der Waals surface area contributed by atoms with Crippen LogP contribution in [0.1, 0.15) is 32.3 Å². The molecule has 0 radical (unpaired) electrons. The maximum Gasteiger partial charge on any atom is 0.0378 e. The second-order valence-corrected chi connectivity index (χ2v) is 4.51. The predicted molar refractivity (Wildman–Crippen MR) is 64.4 cm³/mol. The van der Waals surface area contributed by atoms with Crippen molar-refractivity contribution in [2.75, 3.05) is 5.73 Å². The van der Waals surface area contributed by atoms with E-state index in [9.17, 15) is 0 Å². The van der Waals surface area contributed by atoms with Crippen molar-refractivity contribution in [2.45, 2.75) is 39.2 Å². The molecule has 3 heteroatoms. The zero-order chi connectivity index (χ0) is 11.3. The Bertz CT molecular complexity index is 297. The summed E-state index contributed by atoms with van der Waals surface area (Å²) in [5, 5.41) is 0. The molecule has 0 saturated carbocycles. The van der Waals surface area contributed by atoms with Crippen LogP contribution >= 0.6 is 0 Å². The molecule has 84 valence electrons. The van der Waals surface area contributed by atoms with E-state index in [1.165, 1.54) is 6.42 Å². The van der Waals surface area contributed by atoms with E-state index in [2.05, 4.69) is 18.8 Å². The Morgan fingerprint density at radius 2 is 2.07 bits per heavy atom. The van der Waals surface area contributed by atoms with E-state index in [0.717, 1.165) is 24.1 Å². The average Bonchev–Trinajstić information content (AvgIpc) is 2.18. The number of aromatic nitrogens is 1. The summed E-state index contributed by atoms with van der Waals surface area (Å²) in [4.78, 5) is 4.06. The summed E-state index contributed by atoms with van der Waals surface area (Å²) in [6.45, 7) is 4.43. The molecule has 4 N–H and O–H groups in total. The van der Waals surface area contributed by atoms with Crippen molar-refractivity contribution in [3.05, 3.63) is 24.0 Å². The lowest BCUT2D eigenvalue weighted by atomic mass is 9.99. The lowest BCUT2D eigenvalue weighted by molar-refractivity contribution is 0.495. The van der Waals surface area contributed by atoms with Crippen molar-refractivity contribution >= 4 is 5.69 Å². The van der Waals surface area contributed by atoms with Crippen LogP contribution in [0.25, 0.3) is 0 Å². The highest BCUT2D eigenvalue weighted by atomic mass is 14.7. The summed E-state index contributed by atoms with van der Waals surface area (Å²) < 4.78 is 0. The lowest BCUT2D eigenvalue weighted by Gasteiger charge is -2.13. The van der Waals surface area contributed by atoms with E-state index in [1.807, 2.05) is 12.3 Å². The summed E-state index contributed by atoms with van der Waals surface area (Å²) in [5.74, 6) is 0.710. The standard InChI is InChI=1S/C12H21N3/c1-9(2)3-4-11(13)7-10-8-15-6-5-12(10)14/h5-6,8-9,11H,3-4,7,13H2,1-2H3,(H2,14,15). The van der Waals surface area contributed by atoms with Gasteiger partial charge in [-0.2, -0.15) is 0 Å². The molecule has 0 aliphatic heterocycles. The smallest absolute Gasteiger partial charge is 0.0378 e. The average molecular weight is 207 g/mol. The Morgan fingerprint density at radius 1 is 1.33 bits per heavy atom. The second-order valence-electron chi connectivity index (χ2n) is 4.51. The number of rotatable bonds is 5. The number of hydrogen-bond donors (Lipinski definition) is 2. The molecule has 0 aliphatic carbocycles. The molecular weight excluding hydrogens is 186 g/mol. The van der Waals surface area contributed by atoms with Gasteiger partial charge in [-0.3, -0.25) is 4.98 Å². The van der Waals surface area contributed by atoms with Crippen molar-refractivity contribution in [3.63, 3.8) is 0 Å². The summed E-state index contributed by atoms with van der Waals surface area (Å²) in [5.41, 5.74) is 13.7. The van der Waals surface area contributed by atoms with Gasteiger partial charge in [0, 0.05) is 24.1 Å². The molecule has 1 aromatic heterocycles. The maximum atomic E-state index is 6.04. The van der Waals surface area contributed by atoms with Crippen LogP contribution < -0.4 is 11.5 Å². The third kappa shape index (κ3) is 4.30. The van der Waals surface area contributed by atoms with Gasteiger partial charge in [0.25, 0.3) is 0 Å².